The summed E-state index contributed by atoms with van der Waals surface area (Å²) in [7, 11) is 0. The van der Waals surface area contributed by atoms with Crippen molar-refractivity contribution in [1.29, 1.82) is 0 Å². The topological polar surface area (TPSA) is 73.3 Å². The second-order valence-corrected chi connectivity index (χ2v) is 6.14. The number of nitrogens with two attached hydrogens (primary N) is 1. The van der Waals surface area contributed by atoms with Crippen LogP contribution in [0.4, 0.5) is 11.6 Å². The molecule has 1 aromatic heterocycles. The highest BCUT2D eigenvalue weighted by Gasteiger charge is 2.30. The molecule has 128 valence electrons. The molecule has 0 amide bonds. The van der Waals surface area contributed by atoms with Crippen molar-refractivity contribution < 1.29 is 4.57 Å². The number of hydrogen-bond acceptors (Lipinski definition) is 4. The van der Waals surface area contributed by atoms with Crippen molar-refractivity contribution >= 4 is 28.6 Å². The molecule has 6 nitrogen and oxygen atoms in total. The summed E-state index contributed by atoms with van der Waals surface area (Å²) < 4.78 is 2.15. The zero-order valence-corrected chi connectivity index (χ0v) is 14.5. The lowest BCUT2D eigenvalue weighted by molar-refractivity contribution is -0.674. The SMILES string of the molecule is CCN(CC)c1ccc([C@@H]2N=C(N)Nc3[nH]c4ccccc4[n+]32)cc1. The molecule has 2 heterocycles. The van der Waals surface area contributed by atoms with E-state index in [9.17, 15) is 0 Å². The number of aromatic amines is 1. The number of guanidine groups is 1. The van der Waals surface area contributed by atoms with E-state index in [1.807, 2.05) is 12.1 Å². The lowest BCUT2D eigenvalue weighted by atomic mass is 10.1. The first-order valence-corrected chi connectivity index (χ1v) is 8.68. The number of nitrogens with one attached hydrogen (secondary N) is 2. The second kappa shape index (κ2) is 6.12. The Morgan fingerprint density at radius 3 is 2.52 bits per heavy atom. The molecule has 4 rings (SSSR count). The van der Waals surface area contributed by atoms with E-state index in [1.54, 1.807) is 0 Å². The number of imidazole rings is 1. The maximum atomic E-state index is 6.02. The van der Waals surface area contributed by atoms with Crippen LogP contribution in [0, 0.1) is 0 Å². The molecule has 0 unspecified atom stereocenters. The van der Waals surface area contributed by atoms with Crippen LogP contribution in [0.3, 0.4) is 0 Å². The average molecular weight is 335 g/mol. The number of nitrogens with zero attached hydrogens (tertiary/aromatic N) is 3. The summed E-state index contributed by atoms with van der Waals surface area (Å²) in [5.74, 6) is 1.27. The number of aliphatic imine (C=N–C) groups is 1. The minimum atomic E-state index is -0.182. The number of fused-ring (bicyclic) bond motifs is 3. The molecule has 0 fully saturated rings. The Balaban J connectivity index is 1.79. The molecule has 3 aromatic rings. The van der Waals surface area contributed by atoms with Crippen LogP contribution in [0.1, 0.15) is 25.6 Å². The van der Waals surface area contributed by atoms with Crippen LogP contribution >= 0.6 is 0 Å². The van der Waals surface area contributed by atoms with Gasteiger partial charge in [-0.2, -0.15) is 4.99 Å². The zero-order chi connectivity index (χ0) is 17.4. The van der Waals surface area contributed by atoms with Gasteiger partial charge in [0.1, 0.15) is 11.0 Å². The number of benzene rings is 2. The highest BCUT2D eigenvalue weighted by atomic mass is 15.4. The number of rotatable bonds is 4. The Kier molecular flexibility index (Phi) is 3.80. The average Bonchev–Trinajstić information content (AvgIpc) is 3.00. The van der Waals surface area contributed by atoms with Crippen LogP contribution in [0.5, 0.6) is 0 Å². The van der Waals surface area contributed by atoms with E-state index in [2.05, 4.69) is 75.0 Å². The molecule has 0 radical (unpaired) electrons. The van der Waals surface area contributed by atoms with Gasteiger partial charge >= 0.3 is 5.95 Å². The first-order chi connectivity index (χ1) is 12.2. The van der Waals surface area contributed by atoms with Crippen LogP contribution < -0.4 is 20.5 Å². The van der Waals surface area contributed by atoms with Gasteiger partial charge in [-0.25, -0.2) is 14.9 Å². The van der Waals surface area contributed by atoms with E-state index >= 15 is 0 Å². The van der Waals surface area contributed by atoms with Crippen LogP contribution in [0.2, 0.25) is 0 Å². The monoisotopic (exact) mass is 335 g/mol. The van der Waals surface area contributed by atoms with E-state index in [0.29, 0.717) is 5.96 Å². The van der Waals surface area contributed by atoms with Crippen molar-refractivity contribution in [2.24, 2.45) is 10.7 Å². The Bertz CT molecular complexity index is 921. The minimum Gasteiger partial charge on any atom is -0.372 e. The summed E-state index contributed by atoms with van der Waals surface area (Å²) >= 11 is 0. The van der Waals surface area contributed by atoms with E-state index in [0.717, 1.165) is 35.6 Å². The summed E-state index contributed by atoms with van der Waals surface area (Å²) in [5, 5.41) is 3.12. The molecule has 0 spiro atoms. The lowest BCUT2D eigenvalue weighted by Gasteiger charge is -2.22. The maximum Gasteiger partial charge on any atom is 0.365 e. The van der Waals surface area contributed by atoms with Gasteiger partial charge in [0, 0.05) is 24.3 Å². The fourth-order valence-corrected chi connectivity index (χ4v) is 3.46. The van der Waals surface area contributed by atoms with Gasteiger partial charge in [-0.15, -0.1) is 0 Å². The Morgan fingerprint density at radius 2 is 1.80 bits per heavy atom. The fourth-order valence-electron chi connectivity index (χ4n) is 3.46. The third-order valence-electron chi connectivity index (χ3n) is 4.73. The predicted molar refractivity (Wildman–Crippen MR) is 102 cm³/mol. The van der Waals surface area contributed by atoms with E-state index in [4.69, 9.17) is 5.73 Å². The number of H-pyrrole nitrogens is 1. The molecule has 6 heteroatoms. The molecular weight excluding hydrogens is 312 g/mol. The summed E-state index contributed by atoms with van der Waals surface area (Å²) in [4.78, 5) is 10.3. The molecule has 4 N–H and O–H groups in total. The number of hydrogen-bond donors (Lipinski definition) is 3. The molecule has 2 aromatic carbocycles. The predicted octanol–water partition coefficient (Wildman–Crippen LogP) is 2.59. The van der Waals surface area contributed by atoms with E-state index in [-0.39, 0.29) is 6.17 Å². The van der Waals surface area contributed by atoms with Gasteiger partial charge in [-0.1, -0.05) is 24.3 Å². The first kappa shape index (κ1) is 15.5. The molecule has 25 heavy (non-hydrogen) atoms. The molecule has 0 saturated heterocycles. The number of anilines is 2. The molecule has 1 atom stereocenters. The minimum absolute atomic E-state index is 0.182. The van der Waals surface area contributed by atoms with Crippen LogP contribution in [-0.4, -0.2) is 24.0 Å². The van der Waals surface area contributed by atoms with Gasteiger partial charge in [-0.05, 0) is 38.1 Å². The summed E-state index contributed by atoms with van der Waals surface area (Å²) in [6, 6.07) is 16.8. The van der Waals surface area contributed by atoms with Gasteiger partial charge < -0.3 is 10.6 Å². The second-order valence-electron chi connectivity index (χ2n) is 6.14. The van der Waals surface area contributed by atoms with E-state index in [1.165, 1.54) is 5.69 Å². The van der Waals surface area contributed by atoms with Crippen LogP contribution in [-0.2, 0) is 0 Å². The van der Waals surface area contributed by atoms with Crippen LogP contribution in [0.25, 0.3) is 11.0 Å². The lowest BCUT2D eigenvalue weighted by Crippen LogP contribution is -2.48. The number of aromatic nitrogens is 2. The third-order valence-corrected chi connectivity index (χ3v) is 4.73. The fraction of sp³-hybridized carbons (Fsp3) is 0.263. The van der Waals surface area contributed by atoms with Crippen LogP contribution in [0.15, 0.2) is 53.5 Å². The zero-order valence-electron chi connectivity index (χ0n) is 14.5. The Hall–Kier alpha value is -3.02. The van der Waals surface area contributed by atoms with Gasteiger partial charge in [0.25, 0.3) is 5.96 Å². The van der Waals surface area contributed by atoms with Crippen molar-refractivity contribution in [3.63, 3.8) is 0 Å². The summed E-state index contributed by atoms with van der Waals surface area (Å²) in [5.41, 5.74) is 10.5. The summed E-state index contributed by atoms with van der Waals surface area (Å²) in [6.07, 6.45) is -0.182. The highest BCUT2D eigenvalue weighted by molar-refractivity contribution is 5.92. The smallest absolute Gasteiger partial charge is 0.365 e. The number of para-hydroxylation sites is 2. The molecule has 0 aliphatic carbocycles. The van der Waals surface area contributed by atoms with E-state index < -0.39 is 0 Å². The molecule has 0 saturated carbocycles. The van der Waals surface area contributed by atoms with Gasteiger partial charge in [0.15, 0.2) is 0 Å². The molecular formula is C19H23N6+. The van der Waals surface area contributed by atoms with Crippen molar-refractivity contribution in [2.75, 3.05) is 23.3 Å². The molecule has 1 aliphatic heterocycles. The Morgan fingerprint density at radius 1 is 1.08 bits per heavy atom. The summed E-state index contributed by atoms with van der Waals surface area (Å²) in [6.45, 7) is 6.33. The highest BCUT2D eigenvalue weighted by Crippen LogP contribution is 2.25. The first-order valence-electron chi connectivity index (χ1n) is 8.68. The van der Waals surface area contributed by atoms with Crippen molar-refractivity contribution in [3.05, 3.63) is 54.1 Å². The standard InChI is InChI=1S/C19H22N6/c1-3-24(4-2)14-11-9-13(10-12-14)17-22-18(20)23-19-21-15-7-5-6-8-16(15)25(17)19/h5-12,17H,3-4H2,1-2H3,(H3,20,21,22,23)/p+1/t17-/m1/s1. The normalized spacial score (nSPS) is 16.2. The molecule has 1 aliphatic rings. The van der Waals surface area contributed by atoms with Crippen molar-refractivity contribution in [1.82, 2.24) is 4.98 Å². The van der Waals surface area contributed by atoms with Crippen molar-refractivity contribution in [3.8, 4) is 0 Å². The van der Waals surface area contributed by atoms with Gasteiger partial charge in [-0.3, -0.25) is 0 Å². The quantitative estimate of drug-likeness (QED) is 0.642. The van der Waals surface area contributed by atoms with Crippen molar-refractivity contribution in [2.45, 2.75) is 20.0 Å². The van der Waals surface area contributed by atoms with Gasteiger partial charge in [0.05, 0.1) is 0 Å². The van der Waals surface area contributed by atoms with Gasteiger partial charge in [0.2, 0.25) is 6.17 Å². The Labute approximate surface area is 147 Å². The molecule has 0 bridgehead atoms. The maximum absolute atomic E-state index is 6.02. The largest absolute Gasteiger partial charge is 0.372 e. The third kappa shape index (κ3) is 2.59.